The van der Waals surface area contributed by atoms with Gasteiger partial charge in [0.1, 0.15) is 5.75 Å². The van der Waals surface area contributed by atoms with Gasteiger partial charge in [0.15, 0.2) is 12.4 Å². The molecule has 0 radical (unpaired) electrons. The van der Waals surface area contributed by atoms with Gasteiger partial charge in [-0.1, -0.05) is 37.3 Å². The molecule has 1 saturated carbocycles. The van der Waals surface area contributed by atoms with E-state index in [0.717, 1.165) is 12.8 Å². The average Bonchev–Trinajstić information content (AvgIpc) is 3.46. The SMILES string of the molecule is CCC(=O)c1ccc(OCC(=O)NCC2(c3ccccc3)CC2)cc1. The molecule has 0 spiro atoms. The second kappa shape index (κ2) is 7.51. The summed E-state index contributed by atoms with van der Waals surface area (Å²) in [6.45, 7) is 2.45. The largest absolute Gasteiger partial charge is 0.484 e. The minimum Gasteiger partial charge on any atom is -0.484 e. The van der Waals surface area contributed by atoms with Crippen LogP contribution in [0.1, 0.15) is 42.1 Å². The normalized spacial score (nSPS) is 14.6. The predicted octanol–water partition coefficient (Wildman–Crippen LogP) is 3.51. The molecule has 0 heterocycles. The van der Waals surface area contributed by atoms with Crippen molar-refractivity contribution in [2.75, 3.05) is 13.2 Å². The molecule has 130 valence electrons. The van der Waals surface area contributed by atoms with Gasteiger partial charge in [0.2, 0.25) is 0 Å². The molecule has 4 heteroatoms. The third-order valence-corrected chi connectivity index (χ3v) is 4.73. The number of amides is 1. The lowest BCUT2D eigenvalue weighted by Crippen LogP contribution is -2.35. The third kappa shape index (κ3) is 4.27. The van der Waals surface area contributed by atoms with Gasteiger partial charge in [0.25, 0.3) is 5.91 Å². The standard InChI is InChI=1S/C21H23NO3/c1-2-19(23)16-8-10-18(11-9-16)25-14-20(24)22-15-21(12-13-21)17-6-4-3-5-7-17/h3-11H,2,12-15H2,1H3,(H,22,24). The summed E-state index contributed by atoms with van der Waals surface area (Å²) >= 11 is 0. The Balaban J connectivity index is 1.46. The molecule has 1 aliphatic carbocycles. The minimum absolute atomic E-state index is 0.0219. The average molecular weight is 337 g/mol. The van der Waals surface area contributed by atoms with E-state index in [9.17, 15) is 9.59 Å². The van der Waals surface area contributed by atoms with Crippen molar-refractivity contribution in [3.63, 3.8) is 0 Å². The highest BCUT2D eigenvalue weighted by atomic mass is 16.5. The number of benzene rings is 2. The number of ketones is 1. The number of carbonyl (C=O) groups excluding carboxylic acids is 2. The number of carbonyl (C=O) groups is 2. The first-order valence-electron chi connectivity index (χ1n) is 8.71. The lowest BCUT2D eigenvalue weighted by Gasteiger charge is -2.16. The van der Waals surface area contributed by atoms with E-state index in [1.54, 1.807) is 24.3 Å². The van der Waals surface area contributed by atoms with Crippen molar-refractivity contribution < 1.29 is 14.3 Å². The van der Waals surface area contributed by atoms with Crippen molar-refractivity contribution in [1.82, 2.24) is 5.32 Å². The molecule has 1 fully saturated rings. The van der Waals surface area contributed by atoms with E-state index < -0.39 is 0 Å². The van der Waals surface area contributed by atoms with Crippen LogP contribution in [-0.2, 0) is 10.2 Å². The third-order valence-electron chi connectivity index (χ3n) is 4.73. The van der Waals surface area contributed by atoms with Crippen LogP contribution in [0.4, 0.5) is 0 Å². The van der Waals surface area contributed by atoms with Crippen LogP contribution >= 0.6 is 0 Å². The molecule has 1 aliphatic rings. The van der Waals surface area contributed by atoms with E-state index in [1.165, 1.54) is 5.56 Å². The van der Waals surface area contributed by atoms with Crippen LogP contribution in [0.3, 0.4) is 0 Å². The Labute approximate surface area is 148 Å². The van der Waals surface area contributed by atoms with Gasteiger partial charge < -0.3 is 10.1 Å². The monoisotopic (exact) mass is 337 g/mol. The summed E-state index contributed by atoms with van der Waals surface area (Å²) in [7, 11) is 0. The molecule has 3 rings (SSSR count). The van der Waals surface area contributed by atoms with Gasteiger partial charge >= 0.3 is 0 Å². The summed E-state index contributed by atoms with van der Waals surface area (Å²) in [5.74, 6) is 0.558. The Kier molecular flexibility index (Phi) is 5.17. The van der Waals surface area contributed by atoms with E-state index in [0.29, 0.717) is 24.3 Å². The van der Waals surface area contributed by atoms with Crippen LogP contribution in [0, 0.1) is 0 Å². The summed E-state index contributed by atoms with van der Waals surface area (Å²) in [5, 5.41) is 2.97. The first-order valence-corrected chi connectivity index (χ1v) is 8.71. The van der Waals surface area contributed by atoms with Crippen molar-refractivity contribution >= 4 is 11.7 Å². The highest BCUT2D eigenvalue weighted by Gasteiger charge is 2.44. The zero-order valence-electron chi connectivity index (χ0n) is 14.5. The Morgan fingerprint density at radius 1 is 1.04 bits per heavy atom. The van der Waals surface area contributed by atoms with E-state index in [-0.39, 0.29) is 23.7 Å². The van der Waals surface area contributed by atoms with Crippen LogP contribution in [0.2, 0.25) is 0 Å². The molecule has 0 bridgehead atoms. The van der Waals surface area contributed by atoms with Gasteiger partial charge in [-0.2, -0.15) is 0 Å². The fourth-order valence-corrected chi connectivity index (χ4v) is 2.92. The number of Topliss-reactive ketones (excluding diaryl/α,β-unsaturated/α-hetero) is 1. The van der Waals surface area contributed by atoms with E-state index in [1.807, 2.05) is 25.1 Å². The molecular formula is C21H23NO3. The highest BCUT2D eigenvalue weighted by Crippen LogP contribution is 2.47. The molecule has 0 atom stereocenters. The second-order valence-electron chi connectivity index (χ2n) is 6.51. The van der Waals surface area contributed by atoms with Crippen LogP contribution in [0.15, 0.2) is 54.6 Å². The number of rotatable bonds is 8. The van der Waals surface area contributed by atoms with Crippen LogP contribution in [0.5, 0.6) is 5.75 Å². The summed E-state index contributed by atoms with van der Waals surface area (Å²) in [6.07, 6.45) is 2.68. The molecule has 0 aliphatic heterocycles. The fourth-order valence-electron chi connectivity index (χ4n) is 2.92. The molecule has 1 N–H and O–H groups in total. The first kappa shape index (κ1) is 17.2. The Morgan fingerprint density at radius 3 is 2.32 bits per heavy atom. The van der Waals surface area contributed by atoms with Crippen molar-refractivity contribution in [1.29, 1.82) is 0 Å². The van der Waals surface area contributed by atoms with Gasteiger partial charge in [0, 0.05) is 23.9 Å². The molecule has 25 heavy (non-hydrogen) atoms. The summed E-state index contributed by atoms with van der Waals surface area (Å²) in [6, 6.07) is 17.2. The topological polar surface area (TPSA) is 55.4 Å². The maximum Gasteiger partial charge on any atom is 0.257 e. The predicted molar refractivity (Wildman–Crippen MR) is 96.9 cm³/mol. The summed E-state index contributed by atoms with van der Waals surface area (Å²) < 4.78 is 5.50. The Bertz CT molecular complexity index is 733. The maximum atomic E-state index is 12.1. The lowest BCUT2D eigenvalue weighted by molar-refractivity contribution is -0.123. The highest BCUT2D eigenvalue weighted by molar-refractivity contribution is 5.95. The van der Waals surface area contributed by atoms with Crippen LogP contribution in [0.25, 0.3) is 0 Å². The Morgan fingerprint density at radius 2 is 1.72 bits per heavy atom. The molecule has 2 aromatic carbocycles. The number of ether oxygens (including phenoxy) is 1. The van der Waals surface area contributed by atoms with Crippen molar-refractivity contribution in [2.45, 2.75) is 31.6 Å². The molecule has 0 aromatic heterocycles. The van der Waals surface area contributed by atoms with Gasteiger partial charge in [-0.15, -0.1) is 0 Å². The van der Waals surface area contributed by atoms with E-state index >= 15 is 0 Å². The van der Waals surface area contributed by atoms with Crippen LogP contribution < -0.4 is 10.1 Å². The quantitative estimate of drug-likeness (QED) is 0.750. The second-order valence-corrected chi connectivity index (χ2v) is 6.51. The van der Waals surface area contributed by atoms with E-state index in [2.05, 4.69) is 17.4 Å². The minimum atomic E-state index is -0.129. The Hall–Kier alpha value is -2.62. The van der Waals surface area contributed by atoms with Crippen LogP contribution in [-0.4, -0.2) is 24.8 Å². The number of hydrogen-bond acceptors (Lipinski definition) is 3. The molecule has 0 saturated heterocycles. The molecule has 2 aromatic rings. The summed E-state index contributed by atoms with van der Waals surface area (Å²) in [5.41, 5.74) is 2.05. The van der Waals surface area contributed by atoms with Gasteiger partial charge in [-0.05, 0) is 42.7 Å². The van der Waals surface area contributed by atoms with Crippen molar-refractivity contribution in [2.24, 2.45) is 0 Å². The maximum absolute atomic E-state index is 12.1. The van der Waals surface area contributed by atoms with Gasteiger partial charge in [-0.25, -0.2) is 0 Å². The first-order chi connectivity index (χ1) is 12.1. The van der Waals surface area contributed by atoms with Gasteiger partial charge in [0.05, 0.1) is 0 Å². The smallest absolute Gasteiger partial charge is 0.257 e. The molecule has 0 unspecified atom stereocenters. The zero-order chi connectivity index (χ0) is 17.7. The van der Waals surface area contributed by atoms with E-state index in [4.69, 9.17) is 4.74 Å². The van der Waals surface area contributed by atoms with Gasteiger partial charge in [-0.3, -0.25) is 9.59 Å². The fraction of sp³-hybridized carbons (Fsp3) is 0.333. The zero-order valence-corrected chi connectivity index (χ0v) is 14.5. The lowest BCUT2D eigenvalue weighted by atomic mass is 9.96. The van der Waals surface area contributed by atoms with Crippen molar-refractivity contribution in [3.8, 4) is 5.75 Å². The molecular weight excluding hydrogens is 314 g/mol. The summed E-state index contributed by atoms with van der Waals surface area (Å²) in [4.78, 5) is 23.6. The molecule has 1 amide bonds. The van der Waals surface area contributed by atoms with Crippen molar-refractivity contribution in [3.05, 3.63) is 65.7 Å². The number of nitrogens with one attached hydrogen (secondary N) is 1. The molecule has 4 nitrogen and oxygen atoms in total. The number of hydrogen-bond donors (Lipinski definition) is 1.